The third-order valence-electron chi connectivity index (χ3n) is 8.93. The SMILES string of the molecule is COc1ccc([C@H](Cc2c(Cl)cncc2Cl)OC(=O)Cn2cc(CN(C(=O)O[C@H]3CN4CCC3CC4)c3ccccc3F)cn2)cc1OC. The van der Waals surface area contributed by atoms with Crippen molar-refractivity contribution in [3.63, 3.8) is 0 Å². The highest BCUT2D eigenvalue weighted by atomic mass is 35.5. The van der Waals surface area contributed by atoms with E-state index in [0.717, 1.165) is 25.9 Å². The third kappa shape index (κ3) is 8.09. The number of pyridine rings is 1. The highest BCUT2D eigenvalue weighted by Crippen LogP contribution is 2.36. The number of anilines is 1. The van der Waals surface area contributed by atoms with Gasteiger partial charge in [-0.05, 0) is 67.2 Å². The molecule has 0 spiro atoms. The van der Waals surface area contributed by atoms with E-state index in [-0.39, 0.29) is 31.3 Å². The van der Waals surface area contributed by atoms with E-state index in [1.807, 2.05) is 0 Å². The lowest BCUT2D eigenvalue weighted by Gasteiger charge is -2.44. The normalized spacial score (nSPS) is 18.8. The first-order valence-corrected chi connectivity index (χ1v) is 16.6. The molecule has 0 unspecified atom stereocenters. The number of ether oxygens (including phenoxy) is 4. The lowest BCUT2D eigenvalue weighted by atomic mass is 9.86. The average molecular weight is 713 g/mol. The van der Waals surface area contributed by atoms with Crippen LogP contribution in [-0.2, 0) is 33.8 Å². The first-order chi connectivity index (χ1) is 23.7. The van der Waals surface area contributed by atoms with Gasteiger partial charge >= 0.3 is 12.1 Å². The van der Waals surface area contributed by atoms with Crippen molar-refractivity contribution in [1.82, 2.24) is 19.7 Å². The minimum Gasteiger partial charge on any atom is -0.493 e. The summed E-state index contributed by atoms with van der Waals surface area (Å²) in [7, 11) is 3.04. The van der Waals surface area contributed by atoms with E-state index in [4.69, 9.17) is 42.1 Å². The highest BCUT2D eigenvalue weighted by molar-refractivity contribution is 6.35. The number of nitrogens with zero attached hydrogens (tertiary/aromatic N) is 5. The van der Waals surface area contributed by atoms with E-state index in [9.17, 15) is 14.0 Å². The Morgan fingerprint density at radius 2 is 1.76 bits per heavy atom. The second kappa shape index (κ2) is 15.4. The molecule has 5 heterocycles. The number of esters is 1. The summed E-state index contributed by atoms with van der Waals surface area (Å²) in [5.74, 6) is 0.107. The first kappa shape index (κ1) is 34.5. The second-order valence-electron chi connectivity index (χ2n) is 12.0. The third-order valence-corrected chi connectivity index (χ3v) is 9.58. The Balaban J connectivity index is 1.18. The van der Waals surface area contributed by atoms with E-state index in [0.29, 0.717) is 50.7 Å². The molecule has 4 aromatic rings. The molecule has 0 radical (unpaired) electrons. The van der Waals surface area contributed by atoms with Crippen molar-refractivity contribution in [2.24, 2.45) is 5.92 Å². The Bertz CT molecular complexity index is 1780. The molecule has 3 aliphatic heterocycles. The Labute approximate surface area is 293 Å². The molecule has 49 heavy (non-hydrogen) atoms. The Morgan fingerprint density at radius 1 is 1.02 bits per heavy atom. The number of amides is 1. The quantitative estimate of drug-likeness (QED) is 0.152. The van der Waals surface area contributed by atoms with Crippen molar-refractivity contribution in [2.75, 3.05) is 38.8 Å². The van der Waals surface area contributed by atoms with Gasteiger partial charge in [0.25, 0.3) is 0 Å². The molecule has 3 saturated heterocycles. The number of carbonyl (C=O) groups excluding carboxylic acids is 2. The molecular formula is C35H36Cl2FN5O6. The fourth-order valence-electron chi connectivity index (χ4n) is 6.34. The number of halogens is 3. The summed E-state index contributed by atoms with van der Waals surface area (Å²) in [5.41, 5.74) is 1.84. The summed E-state index contributed by atoms with van der Waals surface area (Å²) in [4.78, 5) is 34.5. The number of methoxy groups -OCH3 is 2. The zero-order valence-corrected chi connectivity index (χ0v) is 28.6. The summed E-state index contributed by atoms with van der Waals surface area (Å²) >= 11 is 12.8. The van der Waals surface area contributed by atoms with Crippen LogP contribution in [0.5, 0.6) is 11.5 Å². The zero-order valence-electron chi connectivity index (χ0n) is 27.1. The summed E-state index contributed by atoms with van der Waals surface area (Å²) in [6.45, 7) is 2.40. The van der Waals surface area contributed by atoms with Gasteiger partial charge in [0, 0.05) is 37.1 Å². The van der Waals surface area contributed by atoms with E-state index >= 15 is 0 Å². The van der Waals surface area contributed by atoms with Crippen LogP contribution in [0.3, 0.4) is 0 Å². The highest BCUT2D eigenvalue weighted by Gasteiger charge is 2.38. The molecule has 0 aliphatic carbocycles. The van der Waals surface area contributed by atoms with Crippen LogP contribution in [0.2, 0.25) is 10.0 Å². The monoisotopic (exact) mass is 711 g/mol. The van der Waals surface area contributed by atoms with Crippen LogP contribution in [0.15, 0.2) is 67.3 Å². The van der Waals surface area contributed by atoms with Crippen LogP contribution in [-0.4, -0.2) is 71.7 Å². The molecule has 7 rings (SSSR count). The average Bonchev–Trinajstić information content (AvgIpc) is 3.55. The second-order valence-corrected chi connectivity index (χ2v) is 12.8. The van der Waals surface area contributed by atoms with Crippen molar-refractivity contribution < 1.29 is 32.9 Å². The van der Waals surface area contributed by atoms with Crippen LogP contribution in [0, 0.1) is 11.7 Å². The molecule has 11 nitrogen and oxygen atoms in total. The van der Waals surface area contributed by atoms with Gasteiger partial charge in [0.15, 0.2) is 11.5 Å². The maximum Gasteiger partial charge on any atom is 0.415 e. The van der Waals surface area contributed by atoms with E-state index in [2.05, 4.69) is 15.0 Å². The molecule has 2 aromatic carbocycles. The van der Waals surface area contributed by atoms with E-state index < -0.39 is 24.0 Å². The Hall–Kier alpha value is -4.39. The molecule has 258 valence electrons. The van der Waals surface area contributed by atoms with Crippen LogP contribution >= 0.6 is 23.2 Å². The molecule has 3 aliphatic rings. The lowest BCUT2D eigenvalue weighted by Crippen LogP contribution is -2.53. The first-order valence-electron chi connectivity index (χ1n) is 15.9. The largest absolute Gasteiger partial charge is 0.493 e. The predicted molar refractivity (Wildman–Crippen MR) is 181 cm³/mol. The number of fused-ring (bicyclic) bond motifs is 3. The lowest BCUT2D eigenvalue weighted by molar-refractivity contribution is -0.150. The number of hydrogen-bond acceptors (Lipinski definition) is 9. The van der Waals surface area contributed by atoms with Crippen molar-refractivity contribution in [3.05, 3.63) is 99.8 Å². The minimum absolute atomic E-state index is 0.0246. The van der Waals surface area contributed by atoms with Gasteiger partial charge in [0.05, 0.1) is 42.7 Å². The molecule has 3 fully saturated rings. The number of carbonyl (C=O) groups is 2. The molecule has 2 aromatic heterocycles. The Morgan fingerprint density at radius 3 is 2.43 bits per heavy atom. The maximum absolute atomic E-state index is 15.0. The zero-order chi connectivity index (χ0) is 34.5. The summed E-state index contributed by atoms with van der Waals surface area (Å²) in [6, 6.07) is 11.2. The van der Waals surface area contributed by atoms with Crippen molar-refractivity contribution >= 4 is 41.0 Å². The Kier molecular flexibility index (Phi) is 10.9. The van der Waals surface area contributed by atoms with E-state index in [1.165, 1.54) is 54.5 Å². The fraction of sp³-hybridized carbons (Fsp3) is 0.371. The number of aromatic nitrogens is 3. The van der Waals surface area contributed by atoms with Crippen molar-refractivity contribution in [3.8, 4) is 11.5 Å². The van der Waals surface area contributed by atoms with E-state index in [1.54, 1.807) is 36.5 Å². The van der Waals surface area contributed by atoms with Crippen molar-refractivity contribution in [1.29, 1.82) is 0 Å². The number of piperidine rings is 3. The summed E-state index contributed by atoms with van der Waals surface area (Å²) < 4.78 is 39.2. The van der Waals surface area contributed by atoms with Gasteiger partial charge in [0.1, 0.15) is 24.6 Å². The van der Waals surface area contributed by atoms with Gasteiger partial charge in [-0.1, -0.05) is 41.4 Å². The molecule has 1 amide bonds. The molecule has 0 N–H and O–H groups in total. The topological polar surface area (TPSA) is 108 Å². The van der Waals surface area contributed by atoms with Gasteiger partial charge in [-0.15, -0.1) is 0 Å². The van der Waals surface area contributed by atoms with Gasteiger partial charge in [-0.25, -0.2) is 9.18 Å². The molecule has 2 atom stereocenters. The molecule has 14 heteroatoms. The summed E-state index contributed by atoms with van der Waals surface area (Å²) in [6.07, 6.45) is 6.47. The van der Waals surface area contributed by atoms with Crippen LogP contribution in [0.25, 0.3) is 0 Å². The van der Waals surface area contributed by atoms with Gasteiger partial charge < -0.3 is 18.9 Å². The molecule has 0 saturated carbocycles. The standard InChI is InChI=1S/C35H36Cl2FN5O6/c1-46-30-8-7-24(13-32(30)47-2)31(14-25-26(36)16-39-17-27(25)37)48-34(44)21-42-18-22(15-40-42)19-43(29-6-4-3-5-28(29)38)35(45)49-33-20-41-11-9-23(33)10-12-41/h3-8,13,15-18,23,31,33H,9-12,14,19-21H2,1-2H3/t31-,33-/m0/s1. The van der Waals surface area contributed by atoms with Gasteiger partial charge in [0.2, 0.25) is 0 Å². The molecular weight excluding hydrogens is 676 g/mol. The smallest absolute Gasteiger partial charge is 0.415 e. The van der Waals surface area contributed by atoms with Crippen LogP contribution in [0.1, 0.15) is 35.6 Å². The predicted octanol–water partition coefficient (Wildman–Crippen LogP) is 6.51. The number of rotatable bonds is 12. The van der Waals surface area contributed by atoms with Crippen molar-refractivity contribution in [2.45, 2.75) is 44.6 Å². The maximum atomic E-state index is 15.0. The van der Waals surface area contributed by atoms with Gasteiger partial charge in [-0.2, -0.15) is 5.10 Å². The number of benzene rings is 2. The van der Waals surface area contributed by atoms with Crippen LogP contribution in [0.4, 0.5) is 14.9 Å². The summed E-state index contributed by atoms with van der Waals surface area (Å²) in [5, 5.41) is 4.98. The number of para-hydroxylation sites is 1. The van der Waals surface area contributed by atoms with Crippen LogP contribution < -0.4 is 14.4 Å². The fourth-order valence-corrected chi connectivity index (χ4v) is 6.86. The minimum atomic E-state index is -0.808. The van der Waals surface area contributed by atoms with Gasteiger partial charge in [-0.3, -0.25) is 24.3 Å². The number of hydrogen-bond donors (Lipinski definition) is 0. The molecule has 2 bridgehead atoms.